The van der Waals surface area contributed by atoms with Gasteiger partial charge in [0.15, 0.2) is 0 Å². The van der Waals surface area contributed by atoms with E-state index in [-0.39, 0.29) is 23.7 Å². The largest absolute Gasteiger partial charge is 0.378 e. The van der Waals surface area contributed by atoms with Crippen molar-refractivity contribution in [3.8, 4) is 0 Å². The lowest BCUT2D eigenvalue weighted by atomic mass is 9.85. The molecule has 2 amide bonds. The fourth-order valence-corrected chi connectivity index (χ4v) is 4.37. The highest BCUT2D eigenvalue weighted by Gasteiger charge is 2.28. The molecule has 2 fully saturated rings. The summed E-state index contributed by atoms with van der Waals surface area (Å²) in [7, 11) is 0. The van der Waals surface area contributed by atoms with Crippen LogP contribution in [-0.2, 0) is 0 Å². The first-order valence-corrected chi connectivity index (χ1v) is 10.6. The summed E-state index contributed by atoms with van der Waals surface area (Å²) in [6.07, 6.45) is 2.00. The zero-order valence-electron chi connectivity index (χ0n) is 17.0. The van der Waals surface area contributed by atoms with Crippen molar-refractivity contribution in [1.82, 2.24) is 15.1 Å². The van der Waals surface area contributed by atoms with Gasteiger partial charge in [-0.2, -0.15) is 0 Å². The van der Waals surface area contributed by atoms with Crippen LogP contribution in [-0.4, -0.2) is 55.1 Å². The number of hydrogen-bond acceptors (Lipinski definition) is 3. The van der Waals surface area contributed by atoms with E-state index in [1.165, 1.54) is 24.3 Å². The lowest BCUT2D eigenvalue weighted by Gasteiger charge is -2.37. The second kappa shape index (κ2) is 9.43. The molecule has 30 heavy (non-hydrogen) atoms. The fourth-order valence-electron chi connectivity index (χ4n) is 4.37. The normalized spacial score (nSPS) is 19.0. The number of amides is 2. The maximum atomic E-state index is 13.5. The van der Waals surface area contributed by atoms with Gasteiger partial charge in [-0.05, 0) is 73.8 Å². The average Bonchev–Trinajstić information content (AvgIpc) is 3.18. The number of carbonyl (C=O) groups excluding carboxylic acids is 1. The minimum absolute atomic E-state index is 0.0302. The molecule has 2 aliphatic heterocycles. The highest BCUT2D eigenvalue weighted by atomic mass is 19.1. The number of benzene rings is 2. The SMILES string of the molecule is O=C1NCCN1CCN1CCC(C(Nc2ccc(F)cc2)c2ccc(F)cc2)CC1. The van der Waals surface area contributed by atoms with E-state index < -0.39 is 0 Å². The van der Waals surface area contributed by atoms with Gasteiger partial charge < -0.3 is 20.4 Å². The Labute approximate surface area is 176 Å². The van der Waals surface area contributed by atoms with Gasteiger partial charge in [0, 0.05) is 31.9 Å². The number of likely N-dealkylation sites (tertiary alicyclic amines) is 1. The molecule has 5 nitrogen and oxygen atoms in total. The van der Waals surface area contributed by atoms with E-state index in [2.05, 4.69) is 15.5 Å². The average molecular weight is 415 g/mol. The Kier molecular flexibility index (Phi) is 6.47. The van der Waals surface area contributed by atoms with E-state index in [1.807, 2.05) is 17.0 Å². The van der Waals surface area contributed by atoms with Gasteiger partial charge in [-0.3, -0.25) is 0 Å². The Balaban J connectivity index is 1.39. The minimum atomic E-state index is -0.265. The molecule has 1 atom stereocenters. The van der Waals surface area contributed by atoms with Crippen molar-refractivity contribution in [1.29, 1.82) is 0 Å². The standard InChI is InChI=1S/C23H28F2N4O/c24-19-3-1-17(2-4-19)22(27-21-7-5-20(25)6-8-21)18-9-12-28(13-10-18)15-16-29-14-11-26-23(29)30/h1-8,18,22,27H,9-16H2,(H,26,30). The molecule has 2 aromatic rings. The first-order chi connectivity index (χ1) is 14.6. The Morgan fingerprint density at radius 1 is 0.933 bits per heavy atom. The van der Waals surface area contributed by atoms with E-state index in [0.29, 0.717) is 5.92 Å². The van der Waals surface area contributed by atoms with Gasteiger partial charge in [0.2, 0.25) is 0 Å². The van der Waals surface area contributed by atoms with E-state index in [0.717, 1.165) is 63.4 Å². The number of nitrogens with one attached hydrogen (secondary N) is 2. The number of urea groups is 1. The zero-order valence-corrected chi connectivity index (χ0v) is 17.0. The Bertz CT molecular complexity index is 835. The van der Waals surface area contributed by atoms with Gasteiger partial charge in [-0.25, -0.2) is 13.6 Å². The predicted molar refractivity (Wildman–Crippen MR) is 113 cm³/mol. The number of piperidine rings is 1. The second-order valence-corrected chi connectivity index (χ2v) is 8.08. The van der Waals surface area contributed by atoms with Crippen LogP contribution >= 0.6 is 0 Å². The predicted octanol–water partition coefficient (Wildman–Crippen LogP) is 3.86. The summed E-state index contributed by atoms with van der Waals surface area (Å²) in [4.78, 5) is 16.0. The molecule has 160 valence electrons. The van der Waals surface area contributed by atoms with Crippen LogP contribution in [0.15, 0.2) is 48.5 Å². The van der Waals surface area contributed by atoms with Crippen LogP contribution in [0.4, 0.5) is 19.3 Å². The Morgan fingerprint density at radius 2 is 1.57 bits per heavy atom. The van der Waals surface area contributed by atoms with Crippen molar-refractivity contribution < 1.29 is 13.6 Å². The van der Waals surface area contributed by atoms with Crippen LogP contribution in [0.5, 0.6) is 0 Å². The van der Waals surface area contributed by atoms with Crippen LogP contribution in [0.25, 0.3) is 0 Å². The van der Waals surface area contributed by atoms with Crippen molar-refractivity contribution in [2.75, 3.05) is 44.6 Å². The molecule has 0 bridgehead atoms. The van der Waals surface area contributed by atoms with Gasteiger partial charge in [-0.1, -0.05) is 12.1 Å². The molecule has 7 heteroatoms. The molecule has 0 spiro atoms. The number of nitrogens with zero attached hydrogens (tertiary/aromatic N) is 2. The highest BCUT2D eigenvalue weighted by Crippen LogP contribution is 2.34. The first-order valence-electron chi connectivity index (χ1n) is 10.6. The molecule has 2 aliphatic rings. The summed E-state index contributed by atoms with van der Waals surface area (Å²) >= 11 is 0. The third kappa shape index (κ3) is 5.08. The van der Waals surface area contributed by atoms with Gasteiger partial charge in [0.05, 0.1) is 6.04 Å². The fraction of sp³-hybridized carbons (Fsp3) is 0.435. The third-order valence-corrected chi connectivity index (χ3v) is 6.13. The monoisotopic (exact) mass is 414 g/mol. The number of rotatable bonds is 7. The lowest BCUT2D eigenvalue weighted by Crippen LogP contribution is -2.42. The summed E-state index contributed by atoms with van der Waals surface area (Å²) in [6.45, 7) is 5.07. The maximum Gasteiger partial charge on any atom is 0.317 e. The Morgan fingerprint density at radius 3 is 2.17 bits per heavy atom. The number of halogens is 2. The highest BCUT2D eigenvalue weighted by molar-refractivity contribution is 5.76. The second-order valence-electron chi connectivity index (χ2n) is 8.08. The zero-order chi connectivity index (χ0) is 20.9. The van der Waals surface area contributed by atoms with E-state index in [9.17, 15) is 13.6 Å². The van der Waals surface area contributed by atoms with Crippen molar-refractivity contribution in [3.63, 3.8) is 0 Å². The van der Waals surface area contributed by atoms with Crippen LogP contribution < -0.4 is 10.6 Å². The summed E-state index contributed by atoms with van der Waals surface area (Å²) in [5, 5.41) is 6.38. The van der Waals surface area contributed by atoms with E-state index in [4.69, 9.17) is 0 Å². The Hall–Kier alpha value is -2.67. The van der Waals surface area contributed by atoms with E-state index in [1.54, 1.807) is 12.1 Å². The third-order valence-electron chi connectivity index (χ3n) is 6.13. The smallest absolute Gasteiger partial charge is 0.317 e. The van der Waals surface area contributed by atoms with Crippen LogP contribution in [0.1, 0.15) is 24.4 Å². The topological polar surface area (TPSA) is 47.6 Å². The van der Waals surface area contributed by atoms with Gasteiger partial charge in [0.1, 0.15) is 11.6 Å². The molecule has 0 radical (unpaired) electrons. The first kappa shape index (κ1) is 20.6. The molecular formula is C23H28F2N4O. The molecule has 2 heterocycles. The lowest BCUT2D eigenvalue weighted by molar-refractivity contribution is 0.157. The molecule has 2 N–H and O–H groups in total. The van der Waals surface area contributed by atoms with Crippen molar-refractivity contribution >= 4 is 11.7 Å². The quantitative estimate of drug-likeness (QED) is 0.724. The van der Waals surface area contributed by atoms with Crippen LogP contribution in [0.3, 0.4) is 0 Å². The maximum absolute atomic E-state index is 13.5. The van der Waals surface area contributed by atoms with Crippen LogP contribution in [0.2, 0.25) is 0 Å². The molecular weight excluding hydrogens is 386 g/mol. The molecule has 2 saturated heterocycles. The summed E-state index contributed by atoms with van der Waals surface area (Å²) in [5.41, 5.74) is 1.89. The molecule has 0 aromatic heterocycles. The summed E-state index contributed by atoms with van der Waals surface area (Å²) in [6, 6.07) is 13.1. The van der Waals surface area contributed by atoms with Gasteiger partial charge in [0.25, 0.3) is 0 Å². The van der Waals surface area contributed by atoms with Crippen molar-refractivity contribution in [2.24, 2.45) is 5.92 Å². The minimum Gasteiger partial charge on any atom is -0.378 e. The number of carbonyl (C=O) groups is 1. The van der Waals surface area contributed by atoms with Gasteiger partial charge >= 0.3 is 6.03 Å². The molecule has 4 rings (SSSR count). The molecule has 1 unspecified atom stereocenters. The summed E-state index contributed by atoms with van der Waals surface area (Å²) < 4.78 is 26.7. The summed E-state index contributed by atoms with van der Waals surface area (Å²) in [5.74, 6) is -0.134. The number of anilines is 1. The van der Waals surface area contributed by atoms with Crippen molar-refractivity contribution in [3.05, 3.63) is 65.7 Å². The molecule has 2 aromatic carbocycles. The van der Waals surface area contributed by atoms with Crippen LogP contribution in [0, 0.1) is 17.6 Å². The molecule has 0 saturated carbocycles. The van der Waals surface area contributed by atoms with Crippen molar-refractivity contribution in [2.45, 2.75) is 18.9 Å². The number of hydrogen-bond donors (Lipinski definition) is 2. The van der Waals surface area contributed by atoms with E-state index >= 15 is 0 Å². The molecule has 0 aliphatic carbocycles. The van der Waals surface area contributed by atoms with Gasteiger partial charge in [-0.15, -0.1) is 0 Å².